The van der Waals surface area contributed by atoms with Gasteiger partial charge in [-0.15, -0.1) is 0 Å². The predicted octanol–water partition coefficient (Wildman–Crippen LogP) is 5.00. The minimum absolute atomic E-state index is 0.109. The zero-order valence-electron chi connectivity index (χ0n) is 15.5. The third kappa shape index (κ3) is 3.68. The number of halogens is 1. The highest BCUT2D eigenvalue weighted by Crippen LogP contribution is 2.23. The van der Waals surface area contributed by atoms with Gasteiger partial charge in [-0.3, -0.25) is 9.59 Å². The number of carboxylic acid groups (broad SMARTS) is 1. The Morgan fingerprint density at radius 1 is 0.867 bits per heavy atom. The Labute approximate surface area is 176 Å². The molecular formula is C23H15ClN2O4. The Kier molecular flexibility index (Phi) is 5.08. The lowest BCUT2D eigenvalue weighted by molar-refractivity contribution is 0.0697. The lowest BCUT2D eigenvalue weighted by atomic mass is 10.0. The maximum atomic E-state index is 12.8. The van der Waals surface area contributed by atoms with Gasteiger partial charge >= 0.3 is 5.97 Å². The first-order chi connectivity index (χ1) is 14.4. The minimum atomic E-state index is -1.20. The Morgan fingerprint density at radius 3 is 2.30 bits per heavy atom. The first-order valence-electron chi connectivity index (χ1n) is 8.99. The topological polar surface area (TPSA) is 99.3 Å². The number of H-pyrrole nitrogens is 1. The summed E-state index contributed by atoms with van der Waals surface area (Å²) < 4.78 is 0. The molecule has 3 aromatic carbocycles. The number of carboxylic acids is 1. The number of hydrogen-bond donors (Lipinski definition) is 3. The average molecular weight is 419 g/mol. The number of nitrogens with one attached hydrogen (secondary N) is 2. The Morgan fingerprint density at radius 2 is 1.57 bits per heavy atom. The van der Waals surface area contributed by atoms with E-state index < -0.39 is 11.9 Å². The van der Waals surface area contributed by atoms with E-state index in [0.29, 0.717) is 11.1 Å². The van der Waals surface area contributed by atoms with E-state index in [0.717, 1.165) is 10.9 Å². The van der Waals surface area contributed by atoms with Crippen LogP contribution in [0.2, 0.25) is 5.02 Å². The van der Waals surface area contributed by atoms with Gasteiger partial charge in [-0.25, -0.2) is 4.79 Å². The van der Waals surface area contributed by atoms with Crippen LogP contribution in [0.5, 0.6) is 0 Å². The maximum Gasteiger partial charge on any atom is 0.337 e. The van der Waals surface area contributed by atoms with Crippen molar-refractivity contribution in [3.8, 4) is 0 Å². The van der Waals surface area contributed by atoms with Crippen LogP contribution in [0.4, 0.5) is 5.69 Å². The summed E-state index contributed by atoms with van der Waals surface area (Å²) >= 11 is 5.83. The zero-order valence-corrected chi connectivity index (χ0v) is 16.2. The molecule has 7 heteroatoms. The molecule has 3 N–H and O–H groups in total. The predicted molar refractivity (Wildman–Crippen MR) is 115 cm³/mol. The number of amides is 1. The average Bonchev–Trinajstić information content (AvgIpc) is 3.18. The van der Waals surface area contributed by atoms with E-state index in [-0.39, 0.29) is 27.6 Å². The molecule has 0 atom stereocenters. The number of fused-ring (bicyclic) bond motifs is 1. The van der Waals surface area contributed by atoms with Gasteiger partial charge in [0, 0.05) is 38.8 Å². The van der Waals surface area contributed by atoms with Crippen molar-refractivity contribution >= 4 is 45.9 Å². The van der Waals surface area contributed by atoms with Crippen LogP contribution in [0.3, 0.4) is 0 Å². The van der Waals surface area contributed by atoms with Crippen molar-refractivity contribution in [2.45, 2.75) is 0 Å². The van der Waals surface area contributed by atoms with Crippen molar-refractivity contribution < 1.29 is 19.5 Å². The summed E-state index contributed by atoms with van der Waals surface area (Å²) in [5, 5.41) is 12.9. The molecule has 1 amide bonds. The van der Waals surface area contributed by atoms with E-state index >= 15 is 0 Å². The minimum Gasteiger partial charge on any atom is -0.478 e. The Balaban J connectivity index is 1.56. The zero-order chi connectivity index (χ0) is 21.3. The van der Waals surface area contributed by atoms with Crippen molar-refractivity contribution in [3.63, 3.8) is 0 Å². The molecule has 0 aliphatic heterocycles. The molecule has 0 spiro atoms. The fourth-order valence-electron chi connectivity index (χ4n) is 3.18. The maximum absolute atomic E-state index is 12.8. The summed E-state index contributed by atoms with van der Waals surface area (Å²) in [5.74, 6) is -1.86. The van der Waals surface area contributed by atoms with Crippen LogP contribution >= 0.6 is 11.6 Å². The second-order valence-electron chi connectivity index (χ2n) is 6.60. The van der Waals surface area contributed by atoms with Crippen LogP contribution in [0, 0.1) is 0 Å². The fourth-order valence-corrected chi connectivity index (χ4v) is 3.36. The Hall–Kier alpha value is -3.90. The number of para-hydroxylation sites is 1. The smallest absolute Gasteiger partial charge is 0.337 e. The van der Waals surface area contributed by atoms with E-state index in [4.69, 9.17) is 11.6 Å². The third-order valence-corrected chi connectivity index (χ3v) is 4.94. The van der Waals surface area contributed by atoms with Crippen LogP contribution in [-0.4, -0.2) is 27.8 Å². The molecule has 0 fully saturated rings. The fraction of sp³-hybridized carbons (Fsp3) is 0. The molecular weight excluding hydrogens is 404 g/mol. The highest BCUT2D eigenvalue weighted by Gasteiger charge is 2.17. The number of aromatic nitrogens is 1. The lowest BCUT2D eigenvalue weighted by Gasteiger charge is -2.09. The second-order valence-corrected chi connectivity index (χ2v) is 7.04. The molecule has 0 bridgehead atoms. The number of carbonyl (C=O) groups is 3. The molecule has 4 aromatic rings. The van der Waals surface area contributed by atoms with Crippen LogP contribution in [0.1, 0.15) is 36.6 Å². The van der Waals surface area contributed by atoms with Crippen molar-refractivity contribution in [2.24, 2.45) is 0 Å². The normalized spacial score (nSPS) is 10.7. The summed E-state index contributed by atoms with van der Waals surface area (Å²) in [6.07, 6.45) is 1.67. The number of ketones is 1. The van der Waals surface area contributed by atoms with Crippen LogP contribution in [0.25, 0.3) is 10.9 Å². The van der Waals surface area contributed by atoms with Gasteiger partial charge in [0.05, 0.1) is 11.3 Å². The van der Waals surface area contributed by atoms with E-state index in [1.54, 1.807) is 18.3 Å². The molecule has 1 aromatic heterocycles. The van der Waals surface area contributed by atoms with Gasteiger partial charge in [0.2, 0.25) is 0 Å². The van der Waals surface area contributed by atoms with E-state index in [1.807, 2.05) is 24.3 Å². The molecule has 0 aliphatic carbocycles. The van der Waals surface area contributed by atoms with Crippen LogP contribution in [-0.2, 0) is 0 Å². The van der Waals surface area contributed by atoms with Gasteiger partial charge in [-0.1, -0.05) is 41.9 Å². The van der Waals surface area contributed by atoms with Gasteiger partial charge in [0.15, 0.2) is 5.78 Å². The summed E-state index contributed by atoms with van der Waals surface area (Å²) in [5.41, 5.74) is 2.17. The van der Waals surface area contributed by atoms with Gasteiger partial charge in [0.25, 0.3) is 5.91 Å². The first-order valence-corrected chi connectivity index (χ1v) is 9.37. The van der Waals surface area contributed by atoms with Gasteiger partial charge in [0.1, 0.15) is 0 Å². The molecule has 30 heavy (non-hydrogen) atoms. The van der Waals surface area contributed by atoms with Crippen molar-refractivity contribution in [3.05, 3.63) is 100 Å². The van der Waals surface area contributed by atoms with E-state index in [1.165, 1.54) is 30.3 Å². The summed E-state index contributed by atoms with van der Waals surface area (Å²) in [6, 6.07) is 17.9. The Bertz CT molecular complexity index is 1290. The summed E-state index contributed by atoms with van der Waals surface area (Å²) in [4.78, 5) is 39.8. The van der Waals surface area contributed by atoms with Gasteiger partial charge < -0.3 is 15.4 Å². The number of carbonyl (C=O) groups excluding carboxylic acids is 2. The van der Waals surface area contributed by atoms with Crippen LogP contribution in [0.15, 0.2) is 72.9 Å². The molecule has 1 heterocycles. The monoisotopic (exact) mass is 418 g/mol. The highest BCUT2D eigenvalue weighted by atomic mass is 35.5. The van der Waals surface area contributed by atoms with Crippen molar-refractivity contribution in [1.82, 2.24) is 4.98 Å². The molecule has 148 valence electrons. The van der Waals surface area contributed by atoms with Crippen molar-refractivity contribution in [2.75, 3.05) is 5.32 Å². The van der Waals surface area contributed by atoms with Gasteiger partial charge in [-0.2, -0.15) is 0 Å². The number of rotatable bonds is 5. The van der Waals surface area contributed by atoms with Gasteiger partial charge in [-0.05, 0) is 36.4 Å². The summed E-state index contributed by atoms with van der Waals surface area (Å²) in [7, 11) is 0. The lowest BCUT2D eigenvalue weighted by Crippen LogP contribution is -2.15. The SMILES string of the molecule is O=C(Nc1ccc(Cl)cc1C(=O)O)c1ccc(C(=O)c2c[nH]c3ccccc23)cc1. The molecule has 0 radical (unpaired) electrons. The molecule has 0 saturated carbocycles. The highest BCUT2D eigenvalue weighted by molar-refractivity contribution is 6.31. The number of benzene rings is 3. The standard InChI is InChI=1S/C23H15ClN2O4/c24-15-9-10-20(17(11-15)23(29)30)26-22(28)14-7-5-13(6-8-14)21(27)18-12-25-19-4-2-1-3-16(18)19/h1-12,25H,(H,26,28)(H,29,30). The molecule has 0 saturated heterocycles. The van der Waals surface area contributed by atoms with E-state index in [2.05, 4.69) is 10.3 Å². The molecule has 0 aliphatic rings. The first kappa shape index (κ1) is 19.4. The molecule has 6 nitrogen and oxygen atoms in total. The number of hydrogen-bond acceptors (Lipinski definition) is 3. The van der Waals surface area contributed by atoms with Crippen LogP contribution < -0.4 is 5.32 Å². The number of aromatic carboxylic acids is 1. The second kappa shape index (κ2) is 7.85. The summed E-state index contributed by atoms with van der Waals surface area (Å²) in [6.45, 7) is 0. The van der Waals surface area contributed by atoms with Crippen molar-refractivity contribution in [1.29, 1.82) is 0 Å². The number of anilines is 1. The largest absolute Gasteiger partial charge is 0.478 e. The quantitative estimate of drug-likeness (QED) is 0.397. The number of aromatic amines is 1. The van der Waals surface area contributed by atoms with E-state index in [9.17, 15) is 19.5 Å². The molecule has 4 rings (SSSR count). The third-order valence-electron chi connectivity index (χ3n) is 4.70. The molecule has 0 unspecified atom stereocenters.